The van der Waals surface area contributed by atoms with Crippen molar-refractivity contribution in [2.24, 2.45) is 5.92 Å². The fraction of sp³-hybridized carbons (Fsp3) is 0.476. The summed E-state index contributed by atoms with van der Waals surface area (Å²) in [5.41, 5.74) is 0.892. The SMILES string of the molecule is O=C(Nc1cccc2ccccc12)N1CCC(CN2CCOCC2)CC1. The van der Waals surface area contributed by atoms with Gasteiger partial charge in [0.25, 0.3) is 0 Å². The van der Waals surface area contributed by atoms with Crippen LogP contribution >= 0.6 is 0 Å². The van der Waals surface area contributed by atoms with Gasteiger partial charge in [-0.2, -0.15) is 0 Å². The van der Waals surface area contributed by atoms with Crippen molar-refractivity contribution in [2.45, 2.75) is 12.8 Å². The lowest BCUT2D eigenvalue weighted by molar-refractivity contribution is 0.0260. The average Bonchev–Trinajstić information content (AvgIpc) is 2.70. The van der Waals surface area contributed by atoms with Gasteiger partial charge in [-0.05, 0) is 30.2 Å². The highest BCUT2D eigenvalue weighted by Crippen LogP contribution is 2.24. The number of anilines is 1. The summed E-state index contributed by atoms with van der Waals surface area (Å²) in [5, 5.41) is 5.35. The van der Waals surface area contributed by atoms with Crippen LogP contribution in [0, 0.1) is 5.92 Å². The summed E-state index contributed by atoms with van der Waals surface area (Å²) in [5.74, 6) is 0.690. The number of ether oxygens (including phenoxy) is 1. The molecule has 2 saturated heterocycles. The topological polar surface area (TPSA) is 44.8 Å². The molecular weight excluding hydrogens is 326 g/mol. The van der Waals surface area contributed by atoms with E-state index < -0.39 is 0 Å². The first-order valence-electron chi connectivity index (χ1n) is 9.63. The van der Waals surface area contributed by atoms with Crippen molar-refractivity contribution in [1.29, 1.82) is 0 Å². The number of hydrogen-bond donors (Lipinski definition) is 1. The van der Waals surface area contributed by atoms with Crippen LogP contribution in [0.2, 0.25) is 0 Å². The van der Waals surface area contributed by atoms with Crippen LogP contribution in [0.25, 0.3) is 10.8 Å². The lowest BCUT2D eigenvalue weighted by Gasteiger charge is -2.36. The number of morpholine rings is 1. The fourth-order valence-electron chi connectivity index (χ4n) is 4.00. The number of amides is 2. The Bertz CT molecular complexity index is 745. The number of rotatable bonds is 3. The van der Waals surface area contributed by atoms with E-state index in [1.807, 2.05) is 29.2 Å². The molecule has 0 radical (unpaired) electrons. The molecule has 5 nitrogen and oxygen atoms in total. The predicted octanol–water partition coefficient (Wildman–Crippen LogP) is 3.42. The Balaban J connectivity index is 1.32. The second-order valence-corrected chi connectivity index (χ2v) is 7.30. The van der Waals surface area contributed by atoms with Crippen LogP contribution in [0.3, 0.4) is 0 Å². The predicted molar refractivity (Wildman–Crippen MR) is 105 cm³/mol. The number of hydrogen-bond acceptors (Lipinski definition) is 3. The van der Waals surface area contributed by atoms with Crippen molar-refractivity contribution in [3.8, 4) is 0 Å². The van der Waals surface area contributed by atoms with Gasteiger partial charge in [0.15, 0.2) is 0 Å². The first-order chi connectivity index (χ1) is 12.8. The maximum atomic E-state index is 12.7. The van der Waals surface area contributed by atoms with E-state index in [-0.39, 0.29) is 6.03 Å². The summed E-state index contributed by atoms with van der Waals surface area (Å²) in [4.78, 5) is 17.2. The molecule has 2 aliphatic heterocycles. The van der Waals surface area contributed by atoms with E-state index in [0.29, 0.717) is 5.92 Å². The van der Waals surface area contributed by atoms with E-state index in [9.17, 15) is 4.79 Å². The summed E-state index contributed by atoms with van der Waals surface area (Å²) in [6.45, 7) is 6.61. The molecule has 2 fully saturated rings. The Morgan fingerprint density at radius 1 is 1.00 bits per heavy atom. The van der Waals surface area contributed by atoms with Crippen LogP contribution in [0.5, 0.6) is 0 Å². The molecule has 1 N–H and O–H groups in total. The Hall–Kier alpha value is -2.11. The molecule has 138 valence electrons. The molecular formula is C21H27N3O2. The van der Waals surface area contributed by atoms with Crippen molar-refractivity contribution in [1.82, 2.24) is 9.80 Å². The molecule has 0 spiro atoms. The van der Waals surface area contributed by atoms with Crippen LogP contribution in [0.4, 0.5) is 10.5 Å². The molecule has 0 atom stereocenters. The lowest BCUT2D eigenvalue weighted by Crippen LogP contribution is -2.45. The second-order valence-electron chi connectivity index (χ2n) is 7.30. The summed E-state index contributed by atoms with van der Waals surface area (Å²) in [6.07, 6.45) is 2.17. The molecule has 4 rings (SSSR count). The number of piperidine rings is 1. The number of fused-ring (bicyclic) bond motifs is 1. The van der Waals surface area contributed by atoms with Crippen LogP contribution < -0.4 is 5.32 Å². The molecule has 0 unspecified atom stereocenters. The van der Waals surface area contributed by atoms with Gasteiger partial charge in [0.05, 0.1) is 18.9 Å². The lowest BCUT2D eigenvalue weighted by atomic mass is 9.96. The third-order valence-electron chi connectivity index (χ3n) is 5.55. The maximum Gasteiger partial charge on any atom is 0.321 e. The molecule has 0 saturated carbocycles. The molecule has 5 heteroatoms. The van der Waals surface area contributed by atoms with E-state index in [1.54, 1.807) is 0 Å². The van der Waals surface area contributed by atoms with E-state index in [4.69, 9.17) is 4.74 Å². The minimum absolute atomic E-state index is 0.0196. The Labute approximate surface area is 154 Å². The Kier molecular flexibility index (Phi) is 5.37. The molecule has 0 aliphatic carbocycles. The summed E-state index contributed by atoms with van der Waals surface area (Å²) in [6, 6.07) is 14.2. The molecule has 2 amide bonds. The largest absolute Gasteiger partial charge is 0.379 e. The van der Waals surface area contributed by atoms with Crippen LogP contribution in [0.15, 0.2) is 42.5 Å². The van der Waals surface area contributed by atoms with Gasteiger partial charge in [-0.25, -0.2) is 4.79 Å². The zero-order valence-corrected chi connectivity index (χ0v) is 15.2. The Morgan fingerprint density at radius 3 is 2.54 bits per heavy atom. The van der Waals surface area contributed by atoms with Gasteiger partial charge in [-0.1, -0.05) is 36.4 Å². The van der Waals surface area contributed by atoms with Gasteiger partial charge in [0.2, 0.25) is 0 Å². The van der Waals surface area contributed by atoms with E-state index in [2.05, 4.69) is 28.4 Å². The normalized spacial score (nSPS) is 19.6. The third kappa shape index (κ3) is 4.00. The highest BCUT2D eigenvalue weighted by atomic mass is 16.5. The summed E-state index contributed by atoms with van der Waals surface area (Å²) < 4.78 is 5.42. The van der Waals surface area contributed by atoms with Gasteiger partial charge >= 0.3 is 6.03 Å². The van der Waals surface area contributed by atoms with E-state index in [1.165, 1.54) is 0 Å². The van der Waals surface area contributed by atoms with Crippen molar-refractivity contribution >= 4 is 22.5 Å². The maximum absolute atomic E-state index is 12.7. The number of urea groups is 1. The Morgan fingerprint density at radius 2 is 1.73 bits per heavy atom. The number of nitrogens with zero attached hydrogens (tertiary/aromatic N) is 2. The van der Waals surface area contributed by atoms with Crippen LogP contribution in [-0.2, 0) is 4.74 Å². The van der Waals surface area contributed by atoms with E-state index >= 15 is 0 Å². The number of likely N-dealkylation sites (tertiary alicyclic amines) is 1. The zero-order valence-electron chi connectivity index (χ0n) is 15.2. The van der Waals surface area contributed by atoms with Gasteiger partial charge in [0, 0.05) is 38.1 Å². The second kappa shape index (κ2) is 8.06. The van der Waals surface area contributed by atoms with Crippen molar-refractivity contribution in [3.05, 3.63) is 42.5 Å². The molecule has 0 aromatic heterocycles. The molecule has 26 heavy (non-hydrogen) atoms. The monoisotopic (exact) mass is 353 g/mol. The van der Waals surface area contributed by atoms with Crippen molar-refractivity contribution in [2.75, 3.05) is 51.3 Å². The molecule has 2 aliphatic rings. The van der Waals surface area contributed by atoms with E-state index in [0.717, 1.165) is 75.2 Å². The smallest absolute Gasteiger partial charge is 0.321 e. The van der Waals surface area contributed by atoms with Gasteiger partial charge in [0.1, 0.15) is 0 Å². The van der Waals surface area contributed by atoms with Crippen molar-refractivity contribution in [3.63, 3.8) is 0 Å². The zero-order chi connectivity index (χ0) is 17.8. The third-order valence-corrected chi connectivity index (χ3v) is 5.55. The van der Waals surface area contributed by atoms with Crippen molar-refractivity contribution < 1.29 is 9.53 Å². The first kappa shape index (κ1) is 17.3. The highest BCUT2D eigenvalue weighted by molar-refractivity contribution is 6.01. The molecule has 2 heterocycles. The molecule has 2 aromatic carbocycles. The quantitative estimate of drug-likeness (QED) is 0.920. The fourth-order valence-corrected chi connectivity index (χ4v) is 4.00. The number of nitrogens with one attached hydrogen (secondary N) is 1. The molecule has 2 aromatic rings. The highest BCUT2D eigenvalue weighted by Gasteiger charge is 2.25. The molecule has 0 bridgehead atoms. The van der Waals surface area contributed by atoms with Gasteiger partial charge < -0.3 is 15.0 Å². The minimum atomic E-state index is 0.0196. The standard InChI is InChI=1S/C21H27N3O2/c25-21(22-20-7-3-5-18-4-1-2-6-19(18)20)24-10-8-17(9-11-24)16-23-12-14-26-15-13-23/h1-7,17H,8-16H2,(H,22,25). The first-order valence-corrected chi connectivity index (χ1v) is 9.63. The van der Waals surface area contributed by atoms with Crippen LogP contribution in [-0.4, -0.2) is 61.8 Å². The number of benzene rings is 2. The number of carbonyl (C=O) groups is 1. The van der Waals surface area contributed by atoms with Gasteiger partial charge in [-0.3, -0.25) is 4.90 Å². The summed E-state index contributed by atoms with van der Waals surface area (Å²) >= 11 is 0. The average molecular weight is 353 g/mol. The number of carbonyl (C=O) groups excluding carboxylic acids is 1. The minimum Gasteiger partial charge on any atom is -0.379 e. The van der Waals surface area contributed by atoms with Gasteiger partial charge in [-0.15, -0.1) is 0 Å². The van der Waals surface area contributed by atoms with Crippen LogP contribution in [0.1, 0.15) is 12.8 Å². The summed E-state index contributed by atoms with van der Waals surface area (Å²) in [7, 11) is 0.